The number of carbonyl (C=O) groups is 3. The molecule has 0 spiro atoms. The molecule has 0 saturated carbocycles. The topological polar surface area (TPSA) is 70.2 Å². The van der Waals surface area contributed by atoms with Gasteiger partial charge in [-0.05, 0) is 42.5 Å². The van der Waals surface area contributed by atoms with Crippen LogP contribution in [0.3, 0.4) is 0 Å². The number of aromatic nitrogens is 1. The molecule has 1 amide bonds. The highest BCUT2D eigenvalue weighted by atomic mass is 16.2. The molecule has 5 nitrogen and oxygen atoms in total. The van der Waals surface area contributed by atoms with E-state index in [-0.39, 0.29) is 5.78 Å². The van der Waals surface area contributed by atoms with Crippen molar-refractivity contribution in [3.8, 4) is 0 Å². The minimum Gasteiger partial charge on any atom is -0.361 e. The van der Waals surface area contributed by atoms with E-state index in [1.807, 2.05) is 54.7 Å². The number of Topliss-reactive ketones (excluding diaryl/α,β-unsaturated/α-hetero) is 2. The predicted octanol–water partition coefficient (Wildman–Crippen LogP) is 3.63. The van der Waals surface area contributed by atoms with Gasteiger partial charge >= 0.3 is 0 Å². The highest BCUT2D eigenvalue weighted by molar-refractivity contribution is 6.42. The van der Waals surface area contributed by atoms with Gasteiger partial charge in [-0.25, -0.2) is 0 Å². The molecule has 5 heteroatoms. The van der Waals surface area contributed by atoms with Crippen molar-refractivity contribution in [3.63, 3.8) is 0 Å². The molecule has 0 aliphatic carbocycles. The van der Waals surface area contributed by atoms with Crippen LogP contribution in [-0.2, 0) is 27.2 Å². The second kappa shape index (κ2) is 7.66. The normalized spacial score (nSPS) is 19.3. The Hall–Kier alpha value is -3.21. The van der Waals surface area contributed by atoms with Gasteiger partial charge in [-0.1, -0.05) is 49.4 Å². The number of nitrogens with one attached hydrogen (secondary N) is 1. The molecule has 2 atom stereocenters. The second-order valence-corrected chi connectivity index (χ2v) is 7.60. The van der Waals surface area contributed by atoms with E-state index < -0.39 is 23.7 Å². The molecule has 0 radical (unpaired) electrons. The summed E-state index contributed by atoms with van der Waals surface area (Å²) < 4.78 is 0. The summed E-state index contributed by atoms with van der Waals surface area (Å²) in [4.78, 5) is 42.5. The van der Waals surface area contributed by atoms with Crippen LogP contribution in [0.4, 0.5) is 0 Å². The van der Waals surface area contributed by atoms with E-state index in [4.69, 9.17) is 0 Å². The van der Waals surface area contributed by atoms with Gasteiger partial charge < -0.3 is 9.88 Å². The molecule has 1 aromatic heterocycles. The van der Waals surface area contributed by atoms with Crippen LogP contribution in [0.25, 0.3) is 10.9 Å². The molecule has 1 saturated heterocycles. The van der Waals surface area contributed by atoms with Crippen LogP contribution in [0.5, 0.6) is 0 Å². The maximum Gasteiger partial charge on any atom is 0.291 e. The highest BCUT2D eigenvalue weighted by Crippen LogP contribution is 2.37. The molecule has 3 aromatic rings. The number of hydrogen-bond donors (Lipinski definition) is 1. The zero-order valence-corrected chi connectivity index (χ0v) is 16.6. The zero-order valence-electron chi connectivity index (χ0n) is 16.6. The minimum atomic E-state index is -0.932. The molecule has 4 rings (SSSR count). The molecule has 1 fully saturated rings. The van der Waals surface area contributed by atoms with Crippen molar-refractivity contribution in [3.05, 3.63) is 71.4 Å². The van der Waals surface area contributed by atoms with Crippen LogP contribution in [0.15, 0.2) is 54.7 Å². The van der Waals surface area contributed by atoms with Crippen molar-refractivity contribution in [2.45, 2.75) is 32.7 Å². The first-order valence-electron chi connectivity index (χ1n) is 10.0. The summed E-state index contributed by atoms with van der Waals surface area (Å²) in [6.07, 6.45) is 3.46. The molecule has 2 aromatic carbocycles. The fourth-order valence-corrected chi connectivity index (χ4v) is 4.27. The lowest BCUT2D eigenvalue weighted by Crippen LogP contribution is -2.32. The Balaban J connectivity index is 1.65. The van der Waals surface area contributed by atoms with E-state index in [0.29, 0.717) is 13.0 Å². The highest BCUT2D eigenvalue weighted by Gasteiger charge is 2.49. The first-order chi connectivity index (χ1) is 14.0. The number of hydrogen-bond acceptors (Lipinski definition) is 3. The molecule has 1 N–H and O–H groups in total. The number of aryl methyl sites for hydroxylation is 1. The van der Waals surface area contributed by atoms with Crippen molar-refractivity contribution in [1.82, 2.24) is 9.88 Å². The molecule has 1 aliphatic rings. The van der Waals surface area contributed by atoms with E-state index >= 15 is 0 Å². The lowest BCUT2D eigenvalue weighted by atomic mass is 9.89. The molecular formula is C24H24N2O3. The van der Waals surface area contributed by atoms with E-state index in [9.17, 15) is 14.4 Å². The van der Waals surface area contributed by atoms with Crippen molar-refractivity contribution in [1.29, 1.82) is 0 Å². The first-order valence-corrected chi connectivity index (χ1v) is 10.0. The minimum absolute atomic E-state index is 0.262. The lowest BCUT2D eigenvalue weighted by Gasteiger charge is -2.27. The SMILES string of the molecule is CCc1ccc(C2C(C(C)=O)C(=O)C(=O)N2CCc2c[nH]c3ccccc23)cc1. The molecular weight excluding hydrogens is 364 g/mol. The lowest BCUT2D eigenvalue weighted by molar-refractivity contribution is -0.142. The van der Waals surface area contributed by atoms with Crippen molar-refractivity contribution >= 4 is 28.4 Å². The monoisotopic (exact) mass is 388 g/mol. The van der Waals surface area contributed by atoms with Gasteiger partial charge in [0, 0.05) is 23.6 Å². The smallest absolute Gasteiger partial charge is 0.291 e. The van der Waals surface area contributed by atoms with Crippen molar-refractivity contribution < 1.29 is 14.4 Å². The summed E-state index contributed by atoms with van der Waals surface area (Å²) in [7, 11) is 0. The van der Waals surface area contributed by atoms with Gasteiger partial charge in [0.15, 0.2) is 0 Å². The zero-order chi connectivity index (χ0) is 20.5. The van der Waals surface area contributed by atoms with Gasteiger partial charge in [0.25, 0.3) is 5.91 Å². The molecule has 2 heterocycles. The number of aromatic amines is 1. The van der Waals surface area contributed by atoms with E-state index in [1.165, 1.54) is 12.5 Å². The fourth-order valence-electron chi connectivity index (χ4n) is 4.27. The number of fused-ring (bicyclic) bond motifs is 1. The average molecular weight is 388 g/mol. The number of rotatable bonds is 6. The standard InChI is InChI=1S/C24H24N2O3/c1-3-16-8-10-17(11-9-16)22-21(15(2)27)23(28)24(29)26(22)13-12-18-14-25-20-7-5-4-6-19(18)20/h4-11,14,21-22,25H,3,12-13H2,1-2H3. The number of H-pyrrole nitrogens is 1. The quantitative estimate of drug-likeness (QED) is 0.518. The third-order valence-electron chi connectivity index (χ3n) is 5.87. The summed E-state index contributed by atoms with van der Waals surface area (Å²) in [6.45, 7) is 3.85. The predicted molar refractivity (Wildman–Crippen MR) is 111 cm³/mol. The summed E-state index contributed by atoms with van der Waals surface area (Å²) in [5.41, 5.74) is 4.14. The molecule has 148 valence electrons. The molecule has 2 unspecified atom stereocenters. The van der Waals surface area contributed by atoms with Crippen LogP contribution in [-0.4, -0.2) is 33.9 Å². The molecule has 1 aliphatic heterocycles. The van der Waals surface area contributed by atoms with Gasteiger partial charge in [0.05, 0.1) is 6.04 Å². The third-order valence-corrected chi connectivity index (χ3v) is 5.87. The number of benzene rings is 2. The number of amides is 1. The van der Waals surface area contributed by atoms with Crippen molar-refractivity contribution in [2.75, 3.05) is 6.54 Å². The maximum atomic E-state index is 12.8. The number of likely N-dealkylation sites (tertiary alicyclic amines) is 1. The van der Waals surface area contributed by atoms with Crippen LogP contribution in [0.1, 0.15) is 36.6 Å². The van der Waals surface area contributed by atoms with Gasteiger partial charge in [-0.2, -0.15) is 0 Å². The Morgan fingerprint density at radius 1 is 1.07 bits per heavy atom. The average Bonchev–Trinajstić information content (AvgIpc) is 3.25. The van der Waals surface area contributed by atoms with E-state index in [2.05, 4.69) is 11.9 Å². The Kier molecular flexibility index (Phi) is 5.05. The summed E-state index contributed by atoms with van der Waals surface area (Å²) in [5, 5.41) is 1.11. The summed E-state index contributed by atoms with van der Waals surface area (Å²) in [6, 6.07) is 15.3. The Morgan fingerprint density at radius 2 is 1.79 bits per heavy atom. The first kappa shape index (κ1) is 19.1. The van der Waals surface area contributed by atoms with Crippen LogP contribution < -0.4 is 0 Å². The molecule has 0 bridgehead atoms. The number of nitrogens with zero attached hydrogens (tertiary/aromatic N) is 1. The Bertz CT molecular complexity index is 1080. The van der Waals surface area contributed by atoms with Crippen LogP contribution >= 0.6 is 0 Å². The summed E-state index contributed by atoms with van der Waals surface area (Å²) in [5.74, 6) is -2.35. The Morgan fingerprint density at radius 3 is 2.48 bits per heavy atom. The fraction of sp³-hybridized carbons (Fsp3) is 0.292. The number of carbonyl (C=O) groups excluding carboxylic acids is 3. The molecule has 29 heavy (non-hydrogen) atoms. The van der Waals surface area contributed by atoms with Crippen LogP contribution in [0, 0.1) is 5.92 Å². The van der Waals surface area contributed by atoms with E-state index in [1.54, 1.807) is 4.90 Å². The largest absolute Gasteiger partial charge is 0.361 e. The summed E-state index contributed by atoms with van der Waals surface area (Å²) >= 11 is 0. The number of para-hydroxylation sites is 1. The van der Waals surface area contributed by atoms with Gasteiger partial charge in [-0.3, -0.25) is 14.4 Å². The van der Waals surface area contributed by atoms with Gasteiger partial charge in [0.2, 0.25) is 5.78 Å². The van der Waals surface area contributed by atoms with E-state index in [0.717, 1.165) is 28.5 Å². The maximum absolute atomic E-state index is 12.8. The van der Waals surface area contributed by atoms with Gasteiger partial charge in [-0.15, -0.1) is 0 Å². The van der Waals surface area contributed by atoms with Gasteiger partial charge in [0.1, 0.15) is 11.7 Å². The van der Waals surface area contributed by atoms with Crippen molar-refractivity contribution in [2.24, 2.45) is 5.92 Å². The third kappa shape index (κ3) is 3.37. The Labute approximate surface area is 169 Å². The van der Waals surface area contributed by atoms with Crippen LogP contribution in [0.2, 0.25) is 0 Å². The second-order valence-electron chi connectivity index (χ2n) is 7.60. The number of ketones is 2.